The lowest BCUT2D eigenvalue weighted by molar-refractivity contribution is -0.405. The van der Waals surface area contributed by atoms with E-state index in [1.54, 1.807) is 0 Å². The van der Waals surface area contributed by atoms with Gasteiger partial charge in [-0.05, 0) is 12.0 Å². The first kappa shape index (κ1) is 7.70. The normalized spacial score (nSPS) is 14.0. The van der Waals surface area contributed by atoms with Crippen molar-refractivity contribution in [3.8, 4) is 0 Å². The highest BCUT2D eigenvalue weighted by atomic mass is 14.6. The van der Waals surface area contributed by atoms with Gasteiger partial charge >= 0.3 is 0 Å². The van der Waals surface area contributed by atoms with E-state index in [1.807, 2.05) is 6.08 Å². The molecule has 1 heteroatoms. The van der Waals surface area contributed by atoms with Gasteiger partial charge in [0, 0.05) is 6.42 Å². The van der Waals surface area contributed by atoms with Crippen LogP contribution < -0.4 is 5.73 Å². The minimum Gasteiger partial charge on any atom is -0.352 e. The molecule has 0 bridgehead atoms. The van der Waals surface area contributed by atoms with E-state index in [0.717, 1.165) is 12.3 Å². The molecule has 0 radical (unpaired) electrons. The predicted octanol–water partition coefficient (Wildman–Crippen LogP) is 0.829. The first-order valence-electron chi connectivity index (χ1n) is 3.12. The van der Waals surface area contributed by atoms with Crippen molar-refractivity contribution >= 4 is 0 Å². The zero-order chi connectivity index (χ0) is 6.57. The molecule has 0 saturated heterocycles. The fourth-order valence-electron chi connectivity index (χ4n) is 0.702. The first-order valence-corrected chi connectivity index (χ1v) is 3.12. The Hall–Kier alpha value is -0.300. The molecule has 0 spiro atoms. The van der Waals surface area contributed by atoms with E-state index in [4.69, 9.17) is 0 Å². The maximum atomic E-state index is 3.88. The second kappa shape index (κ2) is 3.67. The van der Waals surface area contributed by atoms with Crippen LogP contribution in [-0.2, 0) is 0 Å². The van der Waals surface area contributed by atoms with Crippen LogP contribution in [0.25, 0.3) is 0 Å². The fourth-order valence-corrected chi connectivity index (χ4v) is 0.702. The van der Waals surface area contributed by atoms with Crippen LogP contribution in [0.15, 0.2) is 12.7 Å². The third kappa shape index (κ3) is 3.88. The molecule has 0 aliphatic carbocycles. The summed E-state index contributed by atoms with van der Waals surface area (Å²) in [6.07, 6.45) is 3.06. The van der Waals surface area contributed by atoms with Crippen molar-refractivity contribution < 1.29 is 5.73 Å². The summed E-state index contributed by atoms with van der Waals surface area (Å²) in [6, 6.07) is 0.440. The maximum absolute atomic E-state index is 3.88. The number of rotatable bonds is 3. The lowest BCUT2D eigenvalue weighted by Gasteiger charge is -2.04. The summed E-state index contributed by atoms with van der Waals surface area (Å²) in [6.45, 7) is 8.04. The molecule has 0 heterocycles. The predicted molar refractivity (Wildman–Crippen MR) is 36.3 cm³/mol. The van der Waals surface area contributed by atoms with Crippen molar-refractivity contribution in [2.45, 2.75) is 26.3 Å². The van der Waals surface area contributed by atoms with Crippen LogP contribution in [0, 0.1) is 5.92 Å². The molecule has 8 heavy (non-hydrogen) atoms. The van der Waals surface area contributed by atoms with Crippen molar-refractivity contribution in [1.82, 2.24) is 0 Å². The number of quaternary nitrogens is 1. The molecule has 0 aromatic heterocycles. The van der Waals surface area contributed by atoms with Crippen molar-refractivity contribution in [2.24, 2.45) is 5.92 Å². The van der Waals surface area contributed by atoms with E-state index in [0.29, 0.717) is 6.04 Å². The molecular formula is C7H16N+. The monoisotopic (exact) mass is 114 g/mol. The molecule has 1 nitrogen and oxygen atoms in total. The fraction of sp³-hybridized carbons (Fsp3) is 0.714. The molecule has 0 aromatic rings. The maximum Gasteiger partial charge on any atom is 0.103 e. The van der Waals surface area contributed by atoms with Crippen molar-refractivity contribution in [1.29, 1.82) is 0 Å². The average molecular weight is 114 g/mol. The zero-order valence-electron chi connectivity index (χ0n) is 5.85. The smallest absolute Gasteiger partial charge is 0.103 e. The quantitative estimate of drug-likeness (QED) is 0.526. The molecule has 1 unspecified atom stereocenters. The van der Waals surface area contributed by atoms with Crippen LogP contribution in [0.2, 0.25) is 0 Å². The Morgan fingerprint density at radius 1 is 1.62 bits per heavy atom. The molecule has 1 atom stereocenters. The summed E-state index contributed by atoms with van der Waals surface area (Å²) in [7, 11) is 0. The molecule has 0 amide bonds. The summed E-state index contributed by atoms with van der Waals surface area (Å²) in [5.74, 6) is 0.746. The van der Waals surface area contributed by atoms with Crippen LogP contribution in [-0.4, -0.2) is 6.04 Å². The van der Waals surface area contributed by atoms with Crippen molar-refractivity contribution in [3.05, 3.63) is 12.7 Å². The van der Waals surface area contributed by atoms with Crippen molar-refractivity contribution in [2.75, 3.05) is 0 Å². The van der Waals surface area contributed by atoms with Gasteiger partial charge in [0.05, 0.1) is 0 Å². The SMILES string of the molecule is C=CC([NH3+])CC(C)C. The zero-order valence-corrected chi connectivity index (χ0v) is 5.85. The molecule has 0 aliphatic rings. The second-order valence-electron chi connectivity index (χ2n) is 2.63. The Kier molecular flexibility index (Phi) is 3.53. The minimum absolute atomic E-state index is 0.440. The van der Waals surface area contributed by atoms with Gasteiger partial charge in [0.2, 0.25) is 0 Å². The van der Waals surface area contributed by atoms with Gasteiger partial charge in [-0.1, -0.05) is 20.4 Å². The molecule has 0 rings (SSSR count). The van der Waals surface area contributed by atoms with Crippen LogP contribution in [0.1, 0.15) is 20.3 Å². The average Bonchev–Trinajstić information content (AvgIpc) is 1.65. The van der Waals surface area contributed by atoms with Gasteiger partial charge in [0.25, 0.3) is 0 Å². The van der Waals surface area contributed by atoms with Crippen LogP contribution in [0.4, 0.5) is 0 Å². The Labute approximate surface area is 51.6 Å². The highest BCUT2D eigenvalue weighted by Crippen LogP contribution is 2.00. The Bertz CT molecular complexity index is 66.8. The van der Waals surface area contributed by atoms with Gasteiger partial charge in [-0.3, -0.25) is 0 Å². The lowest BCUT2D eigenvalue weighted by Crippen LogP contribution is -2.60. The summed E-state index contributed by atoms with van der Waals surface area (Å²) in [5.41, 5.74) is 3.88. The number of hydrogen-bond donors (Lipinski definition) is 1. The van der Waals surface area contributed by atoms with E-state index >= 15 is 0 Å². The third-order valence-electron chi connectivity index (χ3n) is 1.11. The van der Waals surface area contributed by atoms with E-state index in [1.165, 1.54) is 0 Å². The van der Waals surface area contributed by atoms with Gasteiger partial charge in [-0.15, -0.1) is 0 Å². The molecule has 0 saturated carbocycles. The molecule has 3 N–H and O–H groups in total. The number of hydrogen-bond acceptors (Lipinski definition) is 0. The highest BCUT2D eigenvalue weighted by molar-refractivity contribution is 4.76. The first-order chi connectivity index (χ1) is 3.66. The van der Waals surface area contributed by atoms with Gasteiger partial charge < -0.3 is 5.73 Å². The standard InChI is InChI=1S/C7H15N/c1-4-7(8)5-6(2)3/h4,6-7H,1,5,8H2,2-3H3/p+1. The Balaban J connectivity index is 3.23. The Morgan fingerprint density at radius 2 is 2.12 bits per heavy atom. The topological polar surface area (TPSA) is 27.6 Å². The molecular weight excluding hydrogens is 98.1 g/mol. The third-order valence-corrected chi connectivity index (χ3v) is 1.11. The summed E-state index contributed by atoms with van der Waals surface area (Å²) in [5, 5.41) is 0. The largest absolute Gasteiger partial charge is 0.352 e. The molecule has 48 valence electrons. The lowest BCUT2D eigenvalue weighted by atomic mass is 10.1. The second-order valence-corrected chi connectivity index (χ2v) is 2.63. The molecule has 0 aromatic carbocycles. The summed E-state index contributed by atoms with van der Waals surface area (Å²) < 4.78 is 0. The van der Waals surface area contributed by atoms with Gasteiger partial charge in [-0.25, -0.2) is 0 Å². The summed E-state index contributed by atoms with van der Waals surface area (Å²) >= 11 is 0. The van der Waals surface area contributed by atoms with E-state index in [9.17, 15) is 0 Å². The van der Waals surface area contributed by atoms with Gasteiger partial charge in [0.1, 0.15) is 6.04 Å². The minimum atomic E-state index is 0.440. The summed E-state index contributed by atoms with van der Waals surface area (Å²) in [4.78, 5) is 0. The Morgan fingerprint density at radius 3 is 2.25 bits per heavy atom. The van der Waals surface area contributed by atoms with Gasteiger partial charge in [-0.2, -0.15) is 0 Å². The van der Waals surface area contributed by atoms with Gasteiger partial charge in [0.15, 0.2) is 0 Å². The van der Waals surface area contributed by atoms with Crippen molar-refractivity contribution in [3.63, 3.8) is 0 Å². The molecule has 0 aliphatic heterocycles. The van der Waals surface area contributed by atoms with E-state index in [-0.39, 0.29) is 0 Å². The van der Waals surface area contributed by atoms with Crippen LogP contribution >= 0.6 is 0 Å². The molecule has 0 fully saturated rings. The highest BCUT2D eigenvalue weighted by Gasteiger charge is 2.01. The van der Waals surface area contributed by atoms with E-state index in [2.05, 4.69) is 26.2 Å². The van der Waals surface area contributed by atoms with E-state index < -0.39 is 0 Å². The van der Waals surface area contributed by atoms with Crippen LogP contribution in [0.3, 0.4) is 0 Å². The van der Waals surface area contributed by atoms with Crippen LogP contribution in [0.5, 0.6) is 0 Å².